The molecule has 4 rings (SSSR count). The largest absolute Gasteiger partial charge is 0.363 e. The lowest BCUT2D eigenvalue weighted by atomic mass is 10.0. The van der Waals surface area contributed by atoms with E-state index in [0.717, 1.165) is 11.3 Å². The monoisotopic (exact) mass is 282 g/mol. The van der Waals surface area contributed by atoms with E-state index >= 15 is 0 Å². The van der Waals surface area contributed by atoms with Crippen molar-refractivity contribution in [2.75, 3.05) is 5.32 Å². The van der Waals surface area contributed by atoms with Crippen molar-refractivity contribution in [1.82, 2.24) is 14.8 Å². The summed E-state index contributed by atoms with van der Waals surface area (Å²) < 4.78 is 1.93. The summed E-state index contributed by atoms with van der Waals surface area (Å²) in [7, 11) is 0. The summed E-state index contributed by atoms with van der Waals surface area (Å²) >= 11 is 0. The molecule has 1 aromatic heterocycles. The molecule has 1 aliphatic carbocycles. The van der Waals surface area contributed by atoms with Crippen LogP contribution in [0.5, 0.6) is 0 Å². The Labute approximate surface area is 123 Å². The number of aryl methyl sites for hydroxylation is 1. The first-order chi connectivity index (χ1) is 10.2. The number of benzene rings is 1. The molecule has 1 saturated carbocycles. The summed E-state index contributed by atoms with van der Waals surface area (Å²) in [6, 6.07) is 8.01. The van der Waals surface area contributed by atoms with Crippen LogP contribution in [0.4, 0.5) is 5.69 Å². The van der Waals surface area contributed by atoms with Crippen LogP contribution < -0.4 is 10.9 Å². The first-order valence-electron chi connectivity index (χ1n) is 7.57. The van der Waals surface area contributed by atoms with Gasteiger partial charge in [-0.1, -0.05) is 25.0 Å². The van der Waals surface area contributed by atoms with E-state index in [4.69, 9.17) is 0 Å². The van der Waals surface area contributed by atoms with E-state index in [1.54, 1.807) is 6.92 Å². The minimum Gasteiger partial charge on any atom is -0.363 e. The first kappa shape index (κ1) is 12.6. The van der Waals surface area contributed by atoms with Crippen molar-refractivity contribution in [3.8, 4) is 11.4 Å². The van der Waals surface area contributed by atoms with E-state index in [1.165, 1.54) is 25.7 Å². The molecule has 1 aromatic carbocycles. The van der Waals surface area contributed by atoms with Gasteiger partial charge in [0.2, 0.25) is 0 Å². The molecule has 0 radical (unpaired) electrons. The van der Waals surface area contributed by atoms with Crippen LogP contribution in [0.3, 0.4) is 0 Å². The number of hydrogen-bond acceptors (Lipinski definition) is 4. The number of aromatic nitrogens is 3. The molecule has 1 N–H and O–H groups in total. The SMILES string of the molecule is Cc1nn2c(nc1=O)-c1ccccc1N[C@H]2C1CCCC1. The van der Waals surface area contributed by atoms with Crippen molar-refractivity contribution < 1.29 is 0 Å². The Morgan fingerprint density at radius 1 is 1.24 bits per heavy atom. The molecular formula is C16H18N4O. The number of anilines is 1. The van der Waals surface area contributed by atoms with E-state index in [1.807, 2.05) is 28.9 Å². The Hall–Kier alpha value is -2.17. The third-order valence-electron chi connectivity index (χ3n) is 4.57. The maximum absolute atomic E-state index is 11.9. The van der Waals surface area contributed by atoms with Crippen LogP contribution in [0.1, 0.15) is 37.5 Å². The minimum atomic E-state index is -0.233. The zero-order chi connectivity index (χ0) is 14.4. The summed E-state index contributed by atoms with van der Waals surface area (Å²) in [4.78, 5) is 16.2. The Bertz CT molecular complexity index is 746. The van der Waals surface area contributed by atoms with Gasteiger partial charge in [0, 0.05) is 11.3 Å². The molecule has 2 heterocycles. The van der Waals surface area contributed by atoms with Gasteiger partial charge < -0.3 is 5.32 Å². The van der Waals surface area contributed by atoms with Crippen LogP contribution in [0.15, 0.2) is 29.1 Å². The van der Waals surface area contributed by atoms with Gasteiger partial charge in [-0.25, -0.2) is 4.68 Å². The second-order valence-electron chi connectivity index (χ2n) is 5.95. The average molecular weight is 282 g/mol. The highest BCUT2D eigenvalue weighted by Gasteiger charge is 2.33. The highest BCUT2D eigenvalue weighted by molar-refractivity contribution is 5.75. The molecule has 0 unspecified atom stereocenters. The molecule has 21 heavy (non-hydrogen) atoms. The number of para-hydroxylation sites is 1. The van der Waals surface area contributed by atoms with Gasteiger partial charge in [-0.15, -0.1) is 0 Å². The Morgan fingerprint density at radius 2 is 2.00 bits per heavy atom. The van der Waals surface area contributed by atoms with Crippen molar-refractivity contribution in [2.45, 2.75) is 38.8 Å². The van der Waals surface area contributed by atoms with E-state index < -0.39 is 0 Å². The average Bonchev–Trinajstić information content (AvgIpc) is 3.02. The Balaban J connectivity index is 1.92. The van der Waals surface area contributed by atoms with Gasteiger partial charge in [0.05, 0.1) is 0 Å². The maximum Gasteiger partial charge on any atom is 0.294 e. The quantitative estimate of drug-likeness (QED) is 0.873. The zero-order valence-electron chi connectivity index (χ0n) is 12.0. The molecule has 2 aromatic rings. The summed E-state index contributed by atoms with van der Waals surface area (Å²) in [5.74, 6) is 1.24. The van der Waals surface area contributed by atoms with Crippen LogP contribution in [-0.2, 0) is 0 Å². The summed E-state index contributed by atoms with van der Waals surface area (Å²) in [6.07, 6.45) is 5.04. The number of fused-ring (bicyclic) bond motifs is 3. The van der Waals surface area contributed by atoms with Gasteiger partial charge in [0.15, 0.2) is 5.82 Å². The van der Waals surface area contributed by atoms with E-state index in [2.05, 4.69) is 15.4 Å². The Kier molecular flexibility index (Phi) is 2.80. The second-order valence-corrected chi connectivity index (χ2v) is 5.95. The van der Waals surface area contributed by atoms with Crippen molar-refractivity contribution in [3.05, 3.63) is 40.3 Å². The molecule has 108 valence electrons. The molecule has 0 bridgehead atoms. The molecule has 0 spiro atoms. The molecule has 1 atom stereocenters. The molecule has 5 nitrogen and oxygen atoms in total. The third kappa shape index (κ3) is 1.95. The summed E-state index contributed by atoms with van der Waals surface area (Å²) in [5.41, 5.74) is 2.23. The van der Waals surface area contributed by atoms with E-state index in [-0.39, 0.29) is 11.7 Å². The predicted octanol–water partition coefficient (Wildman–Crippen LogP) is 2.73. The number of hydrogen-bond donors (Lipinski definition) is 1. The topological polar surface area (TPSA) is 59.8 Å². The fraction of sp³-hybridized carbons (Fsp3) is 0.438. The zero-order valence-corrected chi connectivity index (χ0v) is 12.0. The van der Waals surface area contributed by atoms with E-state index in [0.29, 0.717) is 17.4 Å². The molecular weight excluding hydrogens is 264 g/mol. The standard InChI is InChI=1S/C16H18N4O/c1-10-16(21)18-15-12-8-4-5-9-13(12)17-14(20(15)19-10)11-6-2-3-7-11/h4-5,8-9,11,14,17H,2-3,6-7H2,1H3/t14-/m1/s1. The van der Waals surface area contributed by atoms with Crippen LogP contribution >= 0.6 is 0 Å². The van der Waals surface area contributed by atoms with Gasteiger partial charge in [-0.3, -0.25) is 4.79 Å². The molecule has 1 aliphatic heterocycles. The minimum absolute atomic E-state index is 0.101. The number of rotatable bonds is 1. The first-order valence-corrected chi connectivity index (χ1v) is 7.57. The smallest absolute Gasteiger partial charge is 0.294 e. The third-order valence-corrected chi connectivity index (χ3v) is 4.57. The van der Waals surface area contributed by atoms with Crippen LogP contribution in [0, 0.1) is 12.8 Å². The van der Waals surface area contributed by atoms with Crippen molar-refractivity contribution in [3.63, 3.8) is 0 Å². The van der Waals surface area contributed by atoms with Gasteiger partial charge in [-0.05, 0) is 37.8 Å². The highest BCUT2D eigenvalue weighted by atomic mass is 16.1. The molecule has 0 amide bonds. The number of nitrogens with zero attached hydrogens (tertiary/aromatic N) is 3. The van der Waals surface area contributed by atoms with Gasteiger partial charge in [0.1, 0.15) is 11.9 Å². The number of nitrogens with one attached hydrogen (secondary N) is 1. The van der Waals surface area contributed by atoms with Crippen molar-refractivity contribution in [1.29, 1.82) is 0 Å². The van der Waals surface area contributed by atoms with Gasteiger partial charge in [0.25, 0.3) is 5.56 Å². The van der Waals surface area contributed by atoms with Crippen molar-refractivity contribution in [2.24, 2.45) is 5.92 Å². The highest BCUT2D eigenvalue weighted by Crippen LogP contribution is 2.41. The lowest BCUT2D eigenvalue weighted by molar-refractivity contribution is 0.334. The Morgan fingerprint density at radius 3 is 2.81 bits per heavy atom. The fourth-order valence-electron chi connectivity index (χ4n) is 3.47. The summed E-state index contributed by atoms with van der Waals surface area (Å²) in [6.45, 7) is 1.73. The van der Waals surface area contributed by atoms with Gasteiger partial charge >= 0.3 is 0 Å². The van der Waals surface area contributed by atoms with Gasteiger partial charge in [-0.2, -0.15) is 10.1 Å². The normalized spacial score (nSPS) is 20.7. The molecule has 2 aliphatic rings. The summed E-state index contributed by atoms with van der Waals surface area (Å²) in [5, 5.41) is 8.12. The van der Waals surface area contributed by atoms with Crippen LogP contribution in [0.25, 0.3) is 11.4 Å². The lowest BCUT2D eigenvalue weighted by Gasteiger charge is -2.33. The predicted molar refractivity (Wildman–Crippen MR) is 81.1 cm³/mol. The fourth-order valence-corrected chi connectivity index (χ4v) is 3.47. The van der Waals surface area contributed by atoms with E-state index in [9.17, 15) is 4.79 Å². The van der Waals surface area contributed by atoms with Crippen LogP contribution in [-0.4, -0.2) is 14.8 Å². The van der Waals surface area contributed by atoms with Crippen molar-refractivity contribution >= 4 is 5.69 Å². The maximum atomic E-state index is 11.9. The molecule has 5 heteroatoms. The second kappa shape index (κ2) is 4.69. The molecule has 1 fully saturated rings. The molecule has 0 saturated heterocycles. The van der Waals surface area contributed by atoms with Crippen LogP contribution in [0.2, 0.25) is 0 Å². The lowest BCUT2D eigenvalue weighted by Crippen LogP contribution is -2.35.